The van der Waals surface area contributed by atoms with Crippen LogP contribution in [-0.2, 0) is 11.3 Å². The second kappa shape index (κ2) is 8.73. The van der Waals surface area contributed by atoms with Crippen LogP contribution in [-0.4, -0.2) is 13.0 Å². The number of halogens is 3. The highest BCUT2D eigenvalue weighted by atomic mass is 35.5. The maximum atomic E-state index is 14.6. The predicted octanol–water partition coefficient (Wildman–Crippen LogP) is 6.75. The van der Waals surface area contributed by atoms with E-state index < -0.39 is 5.82 Å². The van der Waals surface area contributed by atoms with Crippen molar-refractivity contribution in [3.63, 3.8) is 0 Å². The number of carbonyl (C=O) groups excluding carboxylic acids is 1. The first-order valence-corrected chi connectivity index (χ1v) is 11.8. The van der Waals surface area contributed by atoms with Crippen LogP contribution in [0.1, 0.15) is 50.4 Å². The number of hydrogen-bond acceptors (Lipinski definition) is 3. The average Bonchev–Trinajstić information content (AvgIpc) is 3.45. The van der Waals surface area contributed by atoms with Gasteiger partial charge in [0, 0.05) is 22.7 Å². The van der Waals surface area contributed by atoms with Crippen molar-refractivity contribution in [1.82, 2.24) is 5.32 Å². The van der Waals surface area contributed by atoms with Crippen LogP contribution in [0.5, 0.6) is 5.75 Å². The normalized spacial score (nSPS) is 17.0. The molecule has 180 valence electrons. The molecule has 2 aliphatic rings. The van der Waals surface area contributed by atoms with Gasteiger partial charge in [0.2, 0.25) is 0 Å². The smallest absolute Gasteiger partial charge is 0.251 e. The van der Waals surface area contributed by atoms with E-state index in [0.717, 1.165) is 33.4 Å². The molecule has 0 aliphatic carbocycles. The molecule has 0 spiro atoms. The van der Waals surface area contributed by atoms with Crippen LogP contribution in [0.3, 0.4) is 0 Å². The second-order valence-corrected chi connectivity index (χ2v) is 9.23. The summed E-state index contributed by atoms with van der Waals surface area (Å²) in [6.07, 6.45) is -0.519. The summed E-state index contributed by atoms with van der Waals surface area (Å²) in [5.74, 6) is -1.16. The Hall–Kier alpha value is -3.74. The molecule has 1 amide bonds. The molecule has 1 N–H and O–H groups in total. The highest BCUT2D eigenvalue weighted by Gasteiger charge is 2.43. The topological polar surface area (TPSA) is 47.6 Å². The van der Waals surface area contributed by atoms with E-state index in [1.54, 1.807) is 12.1 Å². The van der Waals surface area contributed by atoms with Crippen molar-refractivity contribution in [2.24, 2.45) is 0 Å². The van der Waals surface area contributed by atoms with Gasteiger partial charge < -0.3 is 14.8 Å². The van der Waals surface area contributed by atoms with Crippen molar-refractivity contribution in [3.8, 4) is 16.9 Å². The number of nitrogens with one attached hydrogen (secondary N) is 1. The van der Waals surface area contributed by atoms with E-state index in [-0.39, 0.29) is 46.8 Å². The van der Waals surface area contributed by atoms with Crippen molar-refractivity contribution in [3.05, 3.63) is 123 Å². The number of benzene rings is 4. The lowest BCUT2D eigenvalue weighted by Crippen LogP contribution is -2.24. The lowest BCUT2D eigenvalue weighted by molar-refractivity contribution is 0.0857. The molecule has 2 atom stereocenters. The van der Waals surface area contributed by atoms with E-state index in [2.05, 4.69) is 5.32 Å². The van der Waals surface area contributed by atoms with Gasteiger partial charge >= 0.3 is 0 Å². The standard InChI is InChI=1S/C29H20ClF2NO3/c1-35-25-10-9-24(30)23(26(25)32)14-33-29(34)17-6-8-20-22(13-17)28-19-7-5-16(12-21(19)27(20)36-28)15-3-2-4-18(31)11-15/h2-13,27-28H,14H2,1H3,(H,33,34). The van der Waals surface area contributed by atoms with E-state index in [9.17, 15) is 13.6 Å². The maximum absolute atomic E-state index is 14.6. The van der Waals surface area contributed by atoms with Crippen molar-refractivity contribution in [2.45, 2.75) is 18.8 Å². The summed E-state index contributed by atoms with van der Waals surface area (Å²) < 4.78 is 39.5. The van der Waals surface area contributed by atoms with Crippen LogP contribution < -0.4 is 10.1 Å². The fourth-order valence-corrected chi connectivity index (χ4v) is 5.21. The molecule has 4 nitrogen and oxygen atoms in total. The molecule has 0 saturated heterocycles. The summed E-state index contributed by atoms with van der Waals surface area (Å²) in [6, 6.07) is 20.9. The predicted molar refractivity (Wildman–Crippen MR) is 132 cm³/mol. The first-order chi connectivity index (χ1) is 17.4. The molecule has 2 aliphatic heterocycles. The molecule has 0 radical (unpaired) electrons. The van der Waals surface area contributed by atoms with Crippen LogP contribution >= 0.6 is 11.6 Å². The summed E-state index contributed by atoms with van der Waals surface area (Å²) in [5, 5.41) is 2.95. The Kier molecular flexibility index (Phi) is 5.51. The van der Waals surface area contributed by atoms with Crippen LogP contribution in [0, 0.1) is 11.6 Å². The van der Waals surface area contributed by atoms with Crippen LogP contribution in [0.4, 0.5) is 8.78 Å². The number of amides is 1. The number of fused-ring (bicyclic) bond motifs is 8. The minimum atomic E-state index is -0.598. The molecule has 7 heteroatoms. The van der Waals surface area contributed by atoms with Gasteiger partial charge in [0.15, 0.2) is 11.6 Å². The first kappa shape index (κ1) is 22.7. The zero-order valence-electron chi connectivity index (χ0n) is 19.1. The molecule has 0 fully saturated rings. The molecule has 2 bridgehead atoms. The van der Waals surface area contributed by atoms with E-state index in [1.165, 1.54) is 31.4 Å². The zero-order chi connectivity index (χ0) is 25.0. The van der Waals surface area contributed by atoms with Gasteiger partial charge in [-0.2, -0.15) is 0 Å². The number of ether oxygens (including phenoxy) is 2. The monoisotopic (exact) mass is 503 g/mol. The van der Waals surface area contributed by atoms with Gasteiger partial charge in [-0.15, -0.1) is 0 Å². The lowest BCUT2D eigenvalue weighted by Gasteiger charge is -2.18. The fourth-order valence-electron chi connectivity index (χ4n) is 5.00. The van der Waals surface area contributed by atoms with Gasteiger partial charge in [0.05, 0.1) is 7.11 Å². The molecule has 36 heavy (non-hydrogen) atoms. The molecule has 0 saturated carbocycles. The molecule has 6 rings (SSSR count). The first-order valence-electron chi connectivity index (χ1n) is 11.4. The van der Waals surface area contributed by atoms with E-state index in [4.69, 9.17) is 21.1 Å². The van der Waals surface area contributed by atoms with E-state index in [0.29, 0.717) is 5.56 Å². The number of hydrogen-bond donors (Lipinski definition) is 1. The van der Waals surface area contributed by atoms with Crippen molar-refractivity contribution in [2.75, 3.05) is 7.11 Å². The third-order valence-corrected chi connectivity index (χ3v) is 7.15. The quantitative estimate of drug-likeness (QED) is 0.328. The highest BCUT2D eigenvalue weighted by Crippen LogP contribution is 2.54. The van der Waals surface area contributed by atoms with Gasteiger partial charge in [-0.3, -0.25) is 4.79 Å². The van der Waals surface area contributed by atoms with E-state index in [1.807, 2.05) is 36.4 Å². The zero-order valence-corrected chi connectivity index (χ0v) is 19.9. The second-order valence-electron chi connectivity index (χ2n) is 8.82. The Morgan fingerprint density at radius 3 is 2.39 bits per heavy atom. The Morgan fingerprint density at radius 2 is 1.64 bits per heavy atom. The van der Waals surface area contributed by atoms with Gasteiger partial charge in [-0.05, 0) is 75.8 Å². The van der Waals surface area contributed by atoms with Gasteiger partial charge in [0.1, 0.15) is 18.0 Å². The molecule has 0 aromatic heterocycles. The fraction of sp³-hybridized carbons (Fsp3) is 0.138. The molecule has 4 aromatic rings. The Balaban J connectivity index is 1.24. The number of rotatable bonds is 5. The number of carbonyl (C=O) groups is 1. The van der Waals surface area contributed by atoms with Crippen LogP contribution in [0.15, 0.2) is 72.8 Å². The SMILES string of the molecule is COc1ccc(Cl)c(CNC(=O)c2ccc3c(c2)C2OC3c3cc(-c4cccc(F)c4)ccc32)c1F. The van der Waals surface area contributed by atoms with Crippen molar-refractivity contribution < 1.29 is 23.0 Å². The molecule has 4 aromatic carbocycles. The number of methoxy groups -OCH3 is 1. The molecular weight excluding hydrogens is 484 g/mol. The maximum Gasteiger partial charge on any atom is 0.251 e. The van der Waals surface area contributed by atoms with Gasteiger partial charge in [0.25, 0.3) is 5.91 Å². The molecular formula is C29H20ClF2NO3. The average molecular weight is 504 g/mol. The lowest BCUT2D eigenvalue weighted by atomic mass is 9.84. The van der Waals surface area contributed by atoms with Crippen molar-refractivity contribution in [1.29, 1.82) is 0 Å². The van der Waals surface area contributed by atoms with Crippen molar-refractivity contribution >= 4 is 17.5 Å². The summed E-state index contributed by atoms with van der Waals surface area (Å²) in [5.41, 5.74) is 6.36. The van der Waals surface area contributed by atoms with Crippen LogP contribution in [0.2, 0.25) is 5.02 Å². The third-order valence-electron chi connectivity index (χ3n) is 6.79. The van der Waals surface area contributed by atoms with Gasteiger partial charge in [-0.25, -0.2) is 8.78 Å². The molecule has 2 unspecified atom stereocenters. The largest absolute Gasteiger partial charge is 0.494 e. The summed E-state index contributed by atoms with van der Waals surface area (Å²) >= 11 is 6.13. The molecule has 2 heterocycles. The van der Waals surface area contributed by atoms with Crippen LogP contribution in [0.25, 0.3) is 11.1 Å². The van der Waals surface area contributed by atoms with E-state index >= 15 is 0 Å². The Bertz CT molecular complexity index is 1540. The summed E-state index contributed by atoms with van der Waals surface area (Å²) in [6.45, 7) is -0.0774. The minimum absolute atomic E-state index is 0.0635. The summed E-state index contributed by atoms with van der Waals surface area (Å²) in [7, 11) is 1.37. The Labute approximate surface area is 211 Å². The minimum Gasteiger partial charge on any atom is -0.494 e. The highest BCUT2D eigenvalue weighted by molar-refractivity contribution is 6.31. The summed E-state index contributed by atoms with van der Waals surface area (Å²) in [4.78, 5) is 12.9. The Morgan fingerprint density at radius 1 is 0.917 bits per heavy atom. The third kappa shape index (κ3) is 3.65. The van der Waals surface area contributed by atoms with Gasteiger partial charge in [-0.1, -0.05) is 41.9 Å².